The Kier molecular flexibility index (Phi) is 12.6. The topological polar surface area (TPSA) is 188 Å². The number of rotatable bonds is 15. The molecule has 0 heterocycles. The molecule has 0 radical (unpaired) electrons. The number of amides is 3. The van der Waals surface area contributed by atoms with Crippen LogP contribution in [0.1, 0.15) is 52.5 Å². The summed E-state index contributed by atoms with van der Waals surface area (Å²) in [6, 6.07) is 3.82. The molecule has 11 nitrogen and oxygen atoms in total. The second kappa shape index (κ2) is 14.8. The highest BCUT2D eigenvalue weighted by atomic mass is 16.4. The van der Waals surface area contributed by atoms with E-state index in [0.29, 0.717) is 12.0 Å². The van der Waals surface area contributed by atoms with Gasteiger partial charge >= 0.3 is 11.9 Å². The lowest BCUT2D eigenvalue weighted by atomic mass is 10.00. The lowest BCUT2D eigenvalue weighted by Crippen LogP contribution is -2.58. The quantitative estimate of drug-likeness (QED) is 0.200. The molecule has 1 aromatic rings. The SMILES string of the molecule is CC(C)CC(N)C(=O)NC(CC(C)C)C(=O)NC(CC(=O)O)C(=O)NC(Cc1ccccc1)C(=O)O. The Hall–Kier alpha value is -3.47. The minimum absolute atomic E-state index is 0.0172. The molecule has 7 N–H and O–H groups in total. The molecule has 0 saturated carbocycles. The number of nitrogens with one attached hydrogen (secondary N) is 3. The number of carboxylic acids is 2. The Labute approximate surface area is 211 Å². The largest absolute Gasteiger partial charge is 0.481 e. The number of hydrogen-bond acceptors (Lipinski definition) is 6. The van der Waals surface area contributed by atoms with Crippen LogP contribution in [0, 0.1) is 11.8 Å². The zero-order chi connectivity index (χ0) is 27.4. The summed E-state index contributed by atoms with van der Waals surface area (Å²) in [4.78, 5) is 61.5. The van der Waals surface area contributed by atoms with Gasteiger partial charge in [-0.05, 0) is 30.2 Å². The molecule has 0 aliphatic heterocycles. The number of carbonyl (C=O) groups excluding carboxylic acids is 3. The molecular formula is C25H38N4O7. The average molecular weight is 507 g/mol. The molecule has 0 spiro atoms. The highest BCUT2D eigenvalue weighted by Crippen LogP contribution is 2.09. The highest BCUT2D eigenvalue weighted by Gasteiger charge is 2.32. The summed E-state index contributed by atoms with van der Waals surface area (Å²) >= 11 is 0. The molecule has 36 heavy (non-hydrogen) atoms. The van der Waals surface area contributed by atoms with Crippen LogP contribution < -0.4 is 21.7 Å². The van der Waals surface area contributed by atoms with Crippen molar-refractivity contribution >= 4 is 29.7 Å². The second-order valence-corrected chi connectivity index (χ2v) is 9.67. The van der Waals surface area contributed by atoms with Crippen molar-refractivity contribution in [3.63, 3.8) is 0 Å². The van der Waals surface area contributed by atoms with Crippen LogP contribution in [0.3, 0.4) is 0 Å². The molecule has 1 rings (SSSR count). The van der Waals surface area contributed by atoms with Gasteiger partial charge in [0, 0.05) is 6.42 Å². The van der Waals surface area contributed by atoms with E-state index in [2.05, 4.69) is 16.0 Å². The predicted molar refractivity (Wildman–Crippen MR) is 133 cm³/mol. The summed E-state index contributed by atoms with van der Waals surface area (Å²) < 4.78 is 0. The van der Waals surface area contributed by atoms with Crippen molar-refractivity contribution in [1.82, 2.24) is 16.0 Å². The highest BCUT2D eigenvalue weighted by molar-refractivity contribution is 5.95. The zero-order valence-corrected chi connectivity index (χ0v) is 21.2. The van der Waals surface area contributed by atoms with Crippen LogP contribution in [0.15, 0.2) is 30.3 Å². The molecule has 0 saturated heterocycles. The second-order valence-electron chi connectivity index (χ2n) is 9.67. The number of carboxylic acid groups (broad SMARTS) is 2. The molecular weight excluding hydrogens is 468 g/mol. The van der Waals surface area contributed by atoms with Crippen LogP contribution in [-0.2, 0) is 30.4 Å². The van der Waals surface area contributed by atoms with Crippen LogP contribution in [0.2, 0.25) is 0 Å². The lowest BCUT2D eigenvalue weighted by molar-refractivity contribution is -0.143. The summed E-state index contributed by atoms with van der Waals surface area (Å²) in [5.41, 5.74) is 6.57. The first-order chi connectivity index (χ1) is 16.8. The van der Waals surface area contributed by atoms with E-state index in [1.807, 2.05) is 27.7 Å². The third-order valence-electron chi connectivity index (χ3n) is 5.31. The fourth-order valence-corrected chi connectivity index (χ4v) is 3.57. The molecule has 0 aromatic heterocycles. The standard InChI is InChI=1S/C25H38N4O7/c1-14(2)10-17(26)22(32)27-18(11-15(3)4)23(33)28-19(13-21(30)31)24(34)29-20(25(35)36)12-16-8-6-5-7-9-16/h5-9,14-15,17-20H,10-13,26H2,1-4H3,(H,27,32)(H,28,33)(H,29,34)(H,30,31)(H,35,36). The van der Waals surface area contributed by atoms with E-state index < -0.39 is 60.2 Å². The number of benzene rings is 1. The molecule has 0 fully saturated rings. The van der Waals surface area contributed by atoms with Gasteiger partial charge in [-0.15, -0.1) is 0 Å². The number of aliphatic carboxylic acids is 2. The monoisotopic (exact) mass is 506 g/mol. The van der Waals surface area contributed by atoms with Crippen molar-refractivity contribution < 1.29 is 34.2 Å². The van der Waals surface area contributed by atoms with E-state index in [4.69, 9.17) is 5.73 Å². The zero-order valence-electron chi connectivity index (χ0n) is 21.2. The number of carbonyl (C=O) groups is 5. The maximum absolute atomic E-state index is 13.0. The van der Waals surface area contributed by atoms with Crippen LogP contribution in [-0.4, -0.2) is 64.0 Å². The van der Waals surface area contributed by atoms with E-state index >= 15 is 0 Å². The van der Waals surface area contributed by atoms with Crippen molar-refractivity contribution in [3.05, 3.63) is 35.9 Å². The molecule has 1 aromatic carbocycles. The van der Waals surface area contributed by atoms with Crippen LogP contribution in [0.25, 0.3) is 0 Å². The van der Waals surface area contributed by atoms with E-state index in [1.54, 1.807) is 30.3 Å². The van der Waals surface area contributed by atoms with Gasteiger partial charge in [-0.3, -0.25) is 19.2 Å². The van der Waals surface area contributed by atoms with Crippen LogP contribution >= 0.6 is 0 Å². The van der Waals surface area contributed by atoms with Crippen LogP contribution in [0.5, 0.6) is 0 Å². The van der Waals surface area contributed by atoms with Gasteiger partial charge < -0.3 is 31.9 Å². The Balaban J connectivity index is 3.00. The van der Waals surface area contributed by atoms with Gasteiger partial charge in [-0.2, -0.15) is 0 Å². The number of hydrogen-bond donors (Lipinski definition) is 6. The Morgan fingerprint density at radius 2 is 1.25 bits per heavy atom. The van der Waals surface area contributed by atoms with Gasteiger partial charge in [0.2, 0.25) is 17.7 Å². The maximum Gasteiger partial charge on any atom is 0.326 e. The van der Waals surface area contributed by atoms with E-state index in [0.717, 1.165) is 0 Å². The van der Waals surface area contributed by atoms with E-state index in [-0.39, 0.29) is 24.7 Å². The Morgan fingerprint density at radius 1 is 0.750 bits per heavy atom. The van der Waals surface area contributed by atoms with Crippen molar-refractivity contribution in [3.8, 4) is 0 Å². The molecule has 3 amide bonds. The molecule has 4 atom stereocenters. The first-order valence-electron chi connectivity index (χ1n) is 11.9. The summed E-state index contributed by atoms with van der Waals surface area (Å²) in [5.74, 6) is -4.78. The average Bonchev–Trinajstić information content (AvgIpc) is 2.77. The van der Waals surface area contributed by atoms with Crippen LogP contribution in [0.4, 0.5) is 0 Å². The Morgan fingerprint density at radius 3 is 1.75 bits per heavy atom. The lowest BCUT2D eigenvalue weighted by Gasteiger charge is -2.25. The first-order valence-corrected chi connectivity index (χ1v) is 11.9. The van der Waals surface area contributed by atoms with Crippen molar-refractivity contribution in [2.75, 3.05) is 0 Å². The van der Waals surface area contributed by atoms with Gasteiger partial charge in [-0.25, -0.2) is 4.79 Å². The van der Waals surface area contributed by atoms with Gasteiger partial charge in [0.1, 0.15) is 18.1 Å². The molecule has 200 valence electrons. The minimum Gasteiger partial charge on any atom is -0.481 e. The maximum atomic E-state index is 13.0. The summed E-state index contributed by atoms with van der Waals surface area (Å²) in [6.45, 7) is 7.48. The van der Waals surface area contributed by atoms with Gasteiger partial charge in [-0.1, -0.05) is 58.0 Å². The minimum atomic E-state index is -1.55. The smallest absolute Gasteiger partial charge is 0.326 e. The van der Waals surface area contributed by atoms with Crippen molar-refractivity contribution in [1.29, 1.82) is 0 Å². The van der Waals surface area contributed by atoms with E-state index in [9.17, 15) is 34.2 Å². The van der Waals surface area contributed by atoms with Crippen molar-refractivity contribution in [2.45, 2.75) is 77.5 Å². The Bertz CT molecular complexity index is 905. The van der Waals surface area contributed by atoms with Gasteiger partial charge in [0.05, 0.1) is 12.5 Å². The van der Waals surface area contributed by atoms with Gasteiger partial charge in [0.15, 0.2) is 0 Å². The first kappa shape index (κ1) is 30.6. The molecule has 11 heteroatoms. The number of nitrogens with two attached hydrogens (primary N) is 1. The fourth-order valence-electron chi connectivity index (χ4n) is 3.57. The fraction of sp³-hybridized carbons (Fsp3) is 0.560. The predicted octanol–water partition coefficient (Wildman–Crippen LogP) is 0.662. The molecule has 0 bridgehead atoms. The molecule has 4 unspecified atom stereocenters. The summed E-state index contributed by atoms with van der Waals surface area (Å²) in [7, 11) is 0. The molecule has 0 aliphatic rings. The van der Waals surface area contributed by atoms with E-state index in [1.165, 1.54) is 0 Å². The normalized spacial score (nSPS) is 14.4. The summed E-state index contributed by atoms with van der Waals surface area (Å²) in [6.07, 6.45) is -0.178. The van der Waals surface area contributed by atoms with Gasteiger partial charge in [0.25, 0.3) is 0 Å². The third kappa shape index (κ3) is 11.3. The third-order valence-corrected chi connectivity index (χ3v) is 5.31. The molecule has 0 aliphatic carbocycles. The summed E-state index contributed by atoms with van der Waals surface area (Å²) in [5, 5.41) is 26.1. The van der Waals surface area contributed by atoms with Crippen molar-refractivity contribution in [2.24, 2.45) is 17.6 Å².